The summed E-state index contributed by atoms with van der Waals surface area (Å²) in [7, 11) is 0. The van der Waals surface area contributed by atoms with Crippen molar-refractivity contribution in [1.29, 1.82) is 0 Å². The summed E-state index contributed by atoms with van der Waals surface area (Å²) in [6.45, 7) is 5.78. The number of hydrogen-bond donors (Lipinski definition) is 2. The summed E-state index contributed by atoms with van der Waals surface area (Å²) in [4.78, 5) is 11.4. The van der Waals surface area contributed by atoms with E-state index >= 15 is 0 Å². The predicted octanol–water partition coefficient (Wildman–Crippen LogP) is 1.18. The van der Waals surface area contributed by atoms with E-state index in [1.54, 1.807) is 6.92 Å². The fourth-order valence-corrected chi connectivity index (χ4v) is 1.34. The molecule has 4 heteroatoms. The highest BCUT2D eigenvalue weighted by Gasteiger charge is 2.06. The first kappa shape index (κ1) is 13.5. The molecule has 0 saturated carbocycles. The molecule has 0 aliphatic heterocycles. The van der Waals surface area contributed by atoms with Crippen molar-refractivity contribution in [3.8, 4) is 5.75 Å². The van der Waals surface area contributed by atoms with Crippen molar-refractivity contribution in [2.24, 2.45) is 0 Å². The fourth-order valence-electron chi connectivity index (χ4n) is 1.34. The first-order valence-corrected chi connectivity index (χ1v) is 5.64. The lowest BCUT2D eigenvalue weighted by Crippen LogP contribution is -2.34. The molecular weight excluding hydrogens is 218 g/mol. The summed E-state index contributed by atoms with van der Waals surface area (Å²) in [6, 6.07) is 5.73. The molecule has 0 aliphatic rings. The quantitative estimate of drug-likeness (QED) is 0.808. The number of rotatable bonds is 5. The Morgan fingerprint density at radius 3 is 2.82 bits per heavy atom. The molecule has 1 aromatic carbocycles. The van der Waals surface area contributed by atoms with E-state index in [0.717, 1.165) is 16.9 Å². The highest BCUT2D eigenvalue weighted by Crippen LogP contribution is 2.20. The highest BCUT2D eigenvalue weighted by atomic mass is 16.5. The molecule has 0 spiro atoms. The van der Waals surface area contributed by atoms with E-state index in [0.29, 0.717) is 0 Å². The van der Waals surface area contributed by atoms with Gasteiger partial charge >= 0.3 is 0 Å². The maximum absolute atomic E-state index is 11.4. The number of nitrogens with one attached hydrogen (secondary N) is 1. The lowest BCUT2D eigenvalue weighted by molar-refractivity contribution is -0.123. The van der Waals surface area contributed by atoms with Crippen LogP contribution < -0.4 is 10.1 Å². The van der Waals surface area contributed by atoms with Crippen molar-refractivity contribution >= 4 is 5.91 Å². The molecule has 0 unspecified atom stereocenters. The van der Waals surface area contributed by atoms with Gasteiger partial charge in [0.05, 0.1) is 6.10 Å². The van der Waals surface area contributed by atoms with Gasteiger partial charge in [-0.15, -0.1) is 0 Å². The summed E-state index contributed by atoms with van der Waals surface area (Å²) in [5.41, 5.74) is 2.17. The van der Waals surface area contributed by atoms with Gasteiger partial charge in [0.25, 0.3) is 5.91 Å². The minimum atomic E-state index is -0.542. The van der Waals surface area contributed by atoms with Gasteiger partial charge in [0, 0.05) is 6.54 Å². The number of hydrogen-bond acceptors (Lipinski definition) is 3. The predicted molar refractivity (Wildman–Crippen MR) is 66.1 cm³/mol. The molecule has 0 fully saturated rings. The van der Waals surface area contributed by atoms with E-state index < -0.39 is 6.10 Å². The molecule has 0 saturated heterocycles. The van der Waals surface area contributed by atoms with Crippen LogP contribution in [0.25, 0.3) is 0 Å². The molecular formula is C13H19NO3. The van der Waals surface area contributed by atoms with Crippen LogP contribution in [0.2, 0.25) is 0 Å². The average molecular weight is 237 g/mol. The average Bonchev–Trinajstić information content (AvgIpc) is 2.28. The molecule has 17 heavy (non-hydrogen) atoms. The van der Waals surface area contributed by atoms with Crippen LogP contribution in [0, 0.1) is 13.8 Å². The van der Waals surface area contributed by atoms with Gasteiger partial charge in [0.1, 0.15) is 5.75 Å². The highest BCUT2D eigenvalue weighted by molar-refractivity contribution is 5.77. The van der Waals surface area contributed by atoms with Gasteiger partial charge in [-0.3, -0.25) is 4.79 Å². The van der Waals surface area contributed by atoms with Crippen LogP contribution in [0.5, 0.6) is 5.75 Å². The molecule has 1 atom stereocenters. The summed E-state index contributed by atoms with van der Waals surface area (Å²) in [5, 5.41) is 11.6. The fraction of sp³-hybridized carbons (Fsp3) is 0.462. The smallest absolute Gasteiger partial charge is 0.258 e. The van der Waals surface area contributed by atoms with E-state index in [-0.39, 0.29) is 19.1 Å². The zero-order valence-electron chi connectivity index (χ0n) is 10.5. The van der Waals surface area contributed by atoms with E-state index in [4.69, 9.17) is 9.84 Å². The third kappa shape index (κ3) is 4.44. The van der Waals surface area contributed by atoms with Crippen molar-refractivity contribution in [2.45, 2.75) is 26.9 Å². The largest absolute Gasteiger partial charge is 0.483 e. The molecule has 0 radical (unpaired) electrons. The van der Waals surface area contributed by atoms with Gasteiger partial charge in [-0.2, -0.15) is 0 Å². The van der Waals surface area contributed by atoms with Crippen LogP contribution in [0.4, 0.5) is 0 Å². The van der Waals surface area contributed by atoms with Crippen molar-refractivity contribution in [3.05, 3.63) is 29.3 Å². The Morgan fingerprint density at radius 2 is 2.18 bits per heavy atom. The number of amides is 1. The standard InChI is InChI=1S/C13H19NO3/c1-9-5-4-6-12(11(9)3)17-8-13(16)14-7-10(2)15/h4-6,10,15H,7-8H2,1-3H3,(H,14,16)/t10-/m1/s1. The van der Waals surface area contributed by atoms with Crippen molar-refractivity contribution in [3.63, 3.8) is 0 Å². The maximum atomic E-state index is 11.4. The molecule has 1 amide bonds. The number of carbonyl (C=O) groups excluding carboxylic acids is 1. The molecule has 2 N–H and O–H groups in total. The number of aliphatic hydroxyl groups excluding tert-OH is 1. The van der Waals surface area contributed by atoms with Crippen molar-refractivity contribution < 1.29 is 14.6 Å². The monoisotopic (exact) mass is 237 g/mol. The first-order chi connectivity index (χ1) is 8.00. The molecule has 94 valence electrons. The minimum Gasteiger partial charge on any atom is -0.483 e. The van der Waals surface area contributed by atoms with Crippen LogP contribution >= 0.6 is 0 Å². The van der Waals surface area contributed by atoms with Crippen LogP contribution in [-0.2, 0) is 4.79 Å². The Bertz CT molecular complexity index is 388. The van der Waals surface area contributed by atoms with Gasteiger partial charge in [0.2, 0.25) is 0 Å². The molecule has 1 aromatic rings. The third-order valence-corrected chi connectivity index (χ3v) is 2.51. The zero-order valence-corrected chi connectivity index (χ0v) is 10.5. The second kappa shape index (κ2) is 6.25. The lowest BCUT2D eigenvalue weighted by Gasteiger charge is -2.11. The molecule has 0 aromatic heterocycles. The van der Waals surface area contributed by atoms with Gasteiger partial charge in [-0.1, -0.05) is 12.1 Å². The molecule has 0 bridgehead atoms. The third-order valence-electron chi connectivity index (χ3n) is 2.51. The molecule has 4 nitrogen and oxygen atoms in total. The Morgan fingerprint density at radius 1 is 1.47 bits per heavy atom. The number of carbonyl (C=O) groups is 1. The van der Waals surface area contributed by atoms with Gasteiger partial charge in [-0.25, -0.2) is 0 Å². The van der Waals surface area contributed by atoms with Crippen LogP contribution in [0.3, 0.4) is 0 Å². The second-order valence-electron chi connectivity index (χ2n) is 4.14. The molecule has 1 rings (SSSR count). The Hall–Kier alpha value is -1.55. The number of aryl methyl sites for hydroxylation is 1. The number of ether oxygens (including phenoxy) is 1. The lowest BCUT2D eigenvalue weighted by atomic mass is 10.1. The van der Waals surface area contributed by atoms with Gasteiger partial charge < -0.3 is 15.2 Å². The minimum absolute atomic E-state index is 0.0307. The summed E-state index contributed by atoms with van der Waals surface area (Å²) in [5.74, 6) is 0.490. The maximum Gasteiger partial charge on any atom is 0.258 e. The molecule has 0 aliphatic carbocycles. The summed E-state index contributed by atoms with van der Waals surface area (Å²) >= 11 is 0. The van der Waals surface area contributed by atoms with Crippen molar-refractivity contribution in [2.75, 3.05) is 13.2 Å². The number of benzene rings is 1. The summed E-state index contributed by atoms with van der Waals surface area (Å²) in [6.07, 6.45) is -0.542. The van der Waals surface area contributed by atoms with Gasteiger partial charge in [0.15, 0.2) is 6.61 Å². The SMILES string of the molecule is Cc1cccc(OCC(=O)NC[C@@H](C)O)c1C. The van der Waals surface area contributed by atoms with E-state index in [1.807, 2.05) is 32.0 Å². The zero-order chi connectivity index (χ0) is 12.8. The first-order valence-electron chi connectivity index (χ1n) is 5.64. The Labute approximate surface area is 102 Å². The summed E-state index contributed by atoms with van der Waals surface area (Å²) < 4.78 is 5.42. The van der Waals surface area contributed by atoms with Crippen molar-refractivity contribution in [1.82, 2.24) is 5.32 Å². The van der Waals surface area contributed by atoms with E-state index in [1.165, 1.54) is 0 Å². The second-order valence-corrected chi connectivity index (χ2v) is 4.14. The van der Waals surface area contributed by atoms with Crippen LogP contribution in [0.15, 0.2) is 18.2 Å². The van der Waals surface area contributed by atoms with Crippen LogP contribution in [0.1, 0.15) is 18.1 Å². The normalized spacial score (nSPS) is 12.0. The Balaban J connectivity index is 2.45. The topological polar surface area (TPSA) is 58.6 Å². The van der Waals surface area contributed by atoms with Crippen LogP contribution in [-0.4, -0.2) is 30.3 Å². The molecule has 0 heterocycles. The Kier molecular flexibility index (Phi) is 4.97. The van der Waals surface area contributed by atoms with E-state index in [9.17, 15) is 4.79 Å². The number of aliphatic hydroxyl groups is 1. The van der Waals surface area contributed by atoms with Gasteiger partial charge in [-0.05, 0) is 38.0 Å². The van der Waals surface area contributed by atoms with E-state index in [2.05, 4.69) is 5.32 Å².